The number of ketones is 1. The minimum Gasteiger partial charge on any atom is -0.383 e. The zero-order valence-corrected chi connectivity index (χ0v) is 11.8. The molecular weight excluding hydrogens is 288 g/mol. The van der Waals surface area contributed by atoms with Gasteiger partial charge in [-0.2, -0.15) is 5.10 Å². The Balaban J connectivity index is 3.03. The molecule has 0 radical (unpaired) electrons. The number of aliphatic hydroxyl groups is 1. The topological polar surface area (TPSA) is 64.3 Å². The van der Waals surface area contributed by atoms with Gasteiger partial charge >= 0.3 is 0 Å². The second-order valence-electron chi connectivity index (χ2n) is 4.01. The molecule has 1 atom stereocenters. The van der Waals surface area contributed by atoms with E-state index in [1.165, 1.54) is 6.92 Å². The molecule has 0 spiro atoms. The Hall–Kier alpha value is -0.720. The maximum atomic E-state index is 12.2. The van der Waals surface area contributed by atoms with Gasteiger partial charge in [0, 0.05) is 7.11 Å². The third kappa shape index (κ3) is 3.14. The molecule has 17 heavy (non-hydrogen) atoms. The Morgan fingerprint density at radius 2 is 2.35 bits per heavy atom. The van der Waals surface area contributed by atoms with E-state index in [2.05, 4.69) is 21.0 Å². The predicted molar refractivity (Wildman–Crippen MR) is 67.0 cm³/mol. The summed E-state index contributed by atoms with van der Waals surface area (Å²) < 4.78 is 7.08. The van der Waals surface area contributed by atoms with E-state index in [4.69, 9.17) is 4.74 Å². The lowest BCUT2D eigenvalue weighted by Crippen LogP contribution is -2.36. The van der Waals surface area contributed by atoms with E-state index in [0.29, 0.717) is 29.7 Å². The molecule has 0 bridgehead atoms. The van der Waals surface area contributed by atoms with Gasteiger partial charge in [0.25, 0.3) is 0 Å². The first-order valence-corrected chi connectivity index (χ1v) is 6.20. The number of rotatable bonds is 6. The van der Waals surface area contributed by atoms with Crippen LogP contribution in [0.2, 0.25) is 0 Å². The van der Waals surface area contributed by atoms with Crippen LogP contribution in [0.4, 0.5) is 0 Å². The summed E-state index contributed by atoms with van der Waals surface area (Å²) in [5.74, 6) is -0.333. The highest BCUT2D eigenvalue weighted by atomic mass is 79.9. The molecule has 0 aliphatic heterocycles. The molecule has 0 amide bonds. The minimum absolute atomic E-state index is 0.333. The molecule has 0 aliphatic carbocycles. The molecule has 0 fully saturated rings. The Morgan fingerprint density at radius 1 is 1.71 bits per heavy atom. The van der Waals surface area contributed by atoms with Crippen molar-refractivity contribution in [3.05, 3.63) is 16.4 Å². The van der Waals surface area contributed by atoms with Crippen LogP contribution in [0, 0.1) is 0 Å². The smallest absolute Gasteiger partial charge is 0.213 e. The van der Waals surface area contributed by atoms with Crippen LogP contribution >= 0.6 is 15.9 Å². The fourth-order valence-corrected chi connectivity index (χ4v) is 1.83. The molecule has 1 rings (SSSR count). The highest BCUT2D eigenvalue weighted by Crippen LogP contribution is 2.23. The van der Waals surface area contributed by atoms with Crippen LogP contribution in [-0.2, 0) is 11.3 Å². The van der Waals surface area contributed by atoms with Crippen molar-refractivity contribution in [1.82, 2.24) is 9.78 Å². The van der Waals surface area contributed by atoms with Crippen LogP contribution in [0.3, 0.4) is 0 Å². The molecule has 0 aliphatic rings. The number of hydrogen-bond acceptors (Lipinski definition) is 4. The van der Waals surface area contributed by atoms with Gasteiger partial charge in [0.1, 0.15) is 11.3 Å². The summed E-state index contributed by atoms with van der Waals surface area (Å²) in [7, 11) is 1.59. The number of carbonyl (C=O) groups is 1. The molecule has 96 valence electrons. The van der Waals surface area contributed by atoms with E-state index in [9.17, 15) is 9.90 Å². The van der Waals surface area contributed by atoms with Gasteiger partial charge in [-0.05, 0) is 29.3 Å². The van der Waals surface area contributed by atoms with Crippen molar-refractivity contribution in [3.8, 4) is 0 Å². The highest BCUT2D eigenvalue weighted by Gasteiger charge is 2.33. The summed E-state index contributed by atoms with van der Waals surface area (Å²) in [4.78, 5) is 12.2. The normalized spacial score (nSPS) is 14.6. The van der Waals surface area contributed by atoms with Gasteiger partial charge in [0.05, 0.1) is 23.8 Å². The SMILES string of the molecule is CCC(C)(O)C(=O)c1c(Br)cnn1CCOC. The Labute approximate surface area is 109 Å². The van der Waals surface area contributed by atoms with Crippen molar-refractivity contribution in [2.24, 2.45) is 0 Å². The number of aromatic nitrogens is 2. The number of methoxy groups -OCH3 is 1. The van der Waals surface area contributed by atoms with Crippen molar-refractivity contribution in [1.29, 1.82) is 0 Å². The second-order valence-corrected chi connectivity index (χ2v) is 4.87. The van der Waals surface area contributed by atoms with Crippen molar-refractivity contribution >= 4 is 21.7 Å². The number of ether oxygens (including phenoxy) is 1. The number of carbonyl (C=O) groups excluding carboxylic acids is 1. The summed E-state index contributed by atoms with van der Waals surface area (Å²) in [6.45, 7) is 4.21. The van der Waals surface area contributed by atoms with Gasteiger partial charge < -0.3 is 9.84 Å². The third-order valence-corrected chi connectivity index (χ3v) is 3.28. The molecule has 1 unspecified atom stereocenters. The molecule has 0 aromatic carbocycles. The maximum absolute atomic E-state index is 12.2. The first-order chi connectivity index (χ1) is 7.94. The van der Waals surface area contributed by atoms with E-state index < -0.39 is 5.60 Å². The Kier molecular flexibility index (Phi) is 4.85. The van der Waals surface area contributed by atoms with Crippen LogP contribution in [-0.4, -0.2) is 40.0 Å². The van der Waals surface area contributed by atoms with Gasteiger partial charge in [-0.25, -0.2) is 0 Å². The largest absolute Gasteiger partial charge is 0.383 e. The van der Waals surface area contributed by atoms with Gasteiger partial charge in [-0.1, -0.05) is 6.92 Å². The lowest BCUT2D eigenvalue weighted by Gasteiger charge is -2.20. The van der Waals surface area contributed by atoms with Crippen molar-refractivity contribution in [2.45, 2.75) is 32.4 Å². The zero-order valence-electron chi connectivity index (χ0n) is 10.2. The molecule has 6 heteroatoms. The molecule has 1 N–H and O–H groups in total. The highest BCUT2D eigenvalue weighted by molar-refractivity contribution is 9.10. The average molecular weight is 305 g/mol. The van der Waals surface area contributed by atoms with E-state index in [1.807, 2.05) is 0 Å². The molecule has 1 aromatic heterocycles. The summed E-state index contributed by atoms with van der Waals surface area (Å²) in [5, 5.41) is 14.1. The van der Waals surface area contributed by atoms with Crippen LogP contribution in [0.5, 0.6) is 0 Å². The molecule has 0 saturated heterocycles. The molecule has 0 saturated carbocycles. The maximum Gasteiger partial charge on any atom is 0.213 e. The fraction of sp³-hybridized carbons (Fsp3) is 0.636. The summed E-state index contributed by atoms with van der Waals surface area (Å²) in [5.41, 5.74) is -0.984. The second kappa shape index (κ2) is 5.75. The van der Waals surface area contributed by atoms with Crippen molar-refractivity contribution in [3.63, 3.8) is 0 Å². The number of nitrogens with zero attached hydrogens (tertiary/aromatic N) is 2. The van der Waals surface area contributed by atoms with E-state index in [0.717, 1.165) is 0 Å². The van der Waals surface area contributed by atoms with Crippen LogP contribution in [0.25, 0.3) is 0 Å². The van der Waals surface area contributed by atoms with E-state index in [1.54, 1.807) is 24.9 Å². The zero-order chi connectivity index (χ0) is 13.1. The number of hydrogen-bond donors (Lipinski definition) is 1. The predicted octanol–water partition coefficient (Wildman–Crippen LogP) is 1.64. The minimum atomic E-state index is -1.37. The lowest BCUT2D eigenvalue weighted by atomic mass is 9.95. The molecular formula is C11H17BrN2O3. The summed E-state index contributed by atoms with van der Waals surface area (Å²) in [6, 6.07) is 0. The monoisotopic (exact) mass is 304 g/mol. The molecule has 5 nitrogen and oxygen atoms in total. The van der Waals surface area contributed by atoms with Gasteiger partial charge in [0.2, 0.25) is 5.78 Å². The van der Waals surface area contributed by atoms with Gasteiger partial charge in [0.15, 0.2) is 0 Å². The van der Waals surface area contributed by atoms with E-state index in [-0.39, 0.29) is 5.78 Å². The van der Waals surface area contributed by atoms with Gasteiger partial charge in [-0.3, -0.25) is 9.48 Å². The summed E-state index contributed by atoms with van der Waals surface area (Å²) >= 11 is 3.28. The van der Waals surface area contributed by atoms with E-state index >= 15 is 0 Å². The summed E-state index contributed by atoms with van der Waals surface area (Å²) in [6.07, 6.45) is 1.91. The van der Waals surface area contributed by atoms with Crippen LogP contribution < -0.4 is 0 Å². The number of Topliss-reactive ketones (excluding diaryl/α,β-unsaturated/α-hetero) is 1. The van der Waals surface area contributed by atoms with Crippen LogP contribution in [0.1, 0.15) is 30.8 Å². The average Bonchev–Trinajstić information content (AvgIpc) is 2.66. The first kappa shape index (κ1) is 14.3. The Bertz CT molecular complexity index is 401. The molecule has 1 heterocycles. The number of halogens is 1. The Morgan fingerprint density at radius 3 is 2.88 bits per heavy atom. The standard InChI is InChI=1S/C11H17BrN2O3/c1-4-11(2,16)10(15)9-8(12)7-13-14(9)5-6-17-3/h7,16H,4-6H2,1-3H3. The van der Waals surface area contributed by atoms with Gasteiger partial charge in [-0.15, -0.1) is 0 Å². The lowest BCUT2D eigenvalue weighted by molar-refractivity contribution is 0.0376. The fourth-order valence-electron chi connectivity index (χ4n) is 1.35. The third-order valence-electron chi connectivity index (χ3n) is 2.69. The van der Waals surface area contributed by atoms with Crippen molar-refractivity contribution < 1.29 is 14.6 Å². The van der Waals surface area contributed by atoms with Crippen LogP contribution in [0.15, 0.2) is 10.7 Å². The first-order valence-electron chi connectivity index (χ1n) is 5.41. The molecule has 1 aromatic rings. The quantitative estimate of drug-likeness (QED) is 0.812. The van der Waals surface area contributed by atoms with Crippen molar-refractivity contribution in [2.75, 3.05) is 13.7 Å².